The topological polar surface area (TPSA) is 67.4 Å². The molecule has 0 aliphatic carbocycles. The third kappa shape index (κ3) is 8.59. The van der Waals surface area contributed by atoms with Gasteiger partial charge in [0.2, 0.25) is 10.0 Å². The van der Waals surface area contributed by atoms with Crippen molar-refractivity contribution in [2.24, 2.45) is 0 Å². The van der Waals surface area contributed by atoms with Crippen molar-refractivity contribution in [2.45, 2.75) is 26.3 Å². The van der Waals surface area contributed by atoms with E-state index in [9.17, 15) is 8.42 Å². The molecule has 7 heteroatoms. The fourth-order valence-electron chi connectivity index (χ4n) is 0.877. The van der Waals surface area contributed by atoms with Gasteiger partial charge in [-0.25, -0.2) is 13.1 Å². The van der Waals surface area contributed by atoms with Crippen LogP contribution in [0.5, 0.6) is 0 Å². The van der Waals surface area contributed by atoms with Gasteiger partial charge in [-0.15, -0.1) is 0 Å². The summed E-state index contributed by atoms with van der Waals surface area (Å²) in [7, 11) is -1.84. The lowest BCUT2D eigenvalue weighted by atomic mass is 10.1. The van der Waals surface area contributed by atoms with Crippen LogP contribution in [0, 0.1) is 0 Å². The van der Waals surface area contributed by atoms with E-state index in [1.807, 2.05) is 0 Å². The summed E-state index contributed by atoms with van der Waals surface area (Å²) in [5.41, 5.74) is -0.458. The minimum atomic E-state index is -3.27. The standard InChI is InChI=1S/C8H18N2O3S2/c1-8(2,3)10-15(11,12)6-5-9-7(14)13-4/h10H,5-6H2,1-4H3,(H,9,14). The highest BCUT2D eigenvalue weighted by Gasteiger charge is 2.19. The van der Waals surface area contributed by atoms with Crippen molar-refractivity contribution >= 4 is 27.4 Å². The Hall–Kier alpha value is -0.400. The van der Waals surface area contributed by atoms with Gasteiger partial charge in [-0.3, -0.25) is 0 Å². The molecule has 2 N–H and O–H groups in total. The predicted octanol–water partition coefficient (Wildman–Crippen LogP) is 0.225. The van der Waals surface area contributed by atoms with Gasteiger partial charge in [0.15, 0.2) is 0 Å². The number of thiocarbonyl (C=S) groups is 1. The van der Waals surface area contributed by atoms with Gasteiger partial charge in [0.05, 0.1) is 12.9 Å². The van der Waals surface area contributed by atoms with Crippen LogP contribution in [0.25, 0.3) is 0 Å². The number of rotatable bonds is 4. The lowest BCUT2D eigenvalue weighted by molar-refractivity contribution is 0.394. The molecule has 90 valence electrons. The summed E-state index contributed by atoms with van der Waals surface area (Å²) in [5.74, 6) is -0.0340. The third-order valence-corrected chi connectivity index (χ3v) is 3.26. The Morgan fingerprint density at radius 1 is 1.40 bits per heavy atom. The molecule has 0 aromatic heterocycles. The molecule has 0 radical (unpaired) electrons. The molecule has 0 aromatic rings. The van der Waals surface area contributed by atoms with Gasteiger partial charge in [0.25, 0.3) is 5.17 Å². The zero-order chi connectivity index (χ0) is 12.1. The normalized spacial score (nSPS) is 12.3. The van der Waals surface area contributed by atoms with Gasteiger partial charge in [0.1, 0.15) is 0 Å². The van der Waals surface area contributed by atoms with Gasteiger partial charge < -0.3 is 10.1 Å². The van der Waals surface area contributed by atoms with Gasteiger partial charge >= 0.3 is 0 Å². The lowest BCUT2D eigenvalue weighted by Crippen LogP contribution is -2.43. The maximum absolute atomic E-state index is 11.5. The van der Waals surface area contributed by atoms with E-state index in [2.05, 4.69) is 14.8 Å². The summed E-state index contributed by atoms with van der Waals surface area (Å²) in [6, 6.07) is 0. The number of sulfonamides is 1. The van der Waals surface area contributed by atoms with Crippen molar-refractivity contribution in [1.82, 2.24) is 10.0 Å². The molecule has 0 unspecified atom stereocenters. The van der Waals surface area contributed by atoms with Crippen LogP contribution < -0.4 is 10.0 Å². The van der Waals surface area contributed by atoms with E-state index in [1.54, 1.807) is 20.8 Å². The Bertz CT molecular complexity index is 306. The zero-order valence-corrected chi connectivity index (χ0v) is 11.1. The number of nitrogens with one attached hydrogen (secondary N) is 2. The molecule has 0 saturated carbocycles. The summed E-state index contributed by atoms with van der Waals surface area (Å²) in [6.45, 7) is 5.60. The number of methoxy groups -OCH3 is 1. The molecular formula is C8H18N2O3S2. The molecule has 0 aromatic carbocycles. The average Bonchev–Trinajstić information content (AvgIpc) is 1.98. The quantitative estimate of drug-likeness (QED) is 0.703. The molecule has 0 aliphatic heterocycles. The van der Waals surface area contributed by atoms with Crippen LogP contribution in [0.1, 0.15) is 20.8 Å². The summed E-state index contributed by atoms with van der Waals surface area (Å²) < 4.78 is 30.2. The third-order valence-electron chi connectivity index (χ3n) is 1.29. The first kappa shape index (κ1) is 14.6. The summed E-state index contributed by atoms with van der Waals surface area (Å²) >= 11 is 4.70. The van der Waals surface area contributed by atoms with Gasteiger partial charge in [-0.2, -0.15) is 0 Å². The number of hydrogen-bond donors (Lipinski definition) is 2. The highest BCUT2D eigenvalue weighted by molar-refractivity contribution is 7.89. The van der Waals surface area contributed by atoms with Crippen molar-refractivity contribution in [3.8, 4) is 0 Å². The smallest absolute Gasteiger partial charge is 0.256 e. The Kier molecular flexibility index (Phi) is 5.47. The van der Waals surface area contributed by atoms with E-state index in [-0.39, 0.29) is 17.5 Å². The van der Waals surface area contributed by atoms with Crippen LogP contribution in [0.4, 0.5) is 0 Å². The first-order chi connectivity index (χ1) is 6.66. The number of hydrogen-bond acceptors (Lipinski definition) is 4. The number of ether oxygens (including phenoxy) is 1. The SMILES string of the molecule is COC(=S)NCCS(=O)(=O)NC(C)(C)C. The van der Waals surface area contributed by atoms with Crippen LogP contribution >= 0.6 is 12.2 Å². The van der Waals surface area contributed by atoms with Crippen LogP contribution in [0.15, 0.2) is 0 Å². The van der Waals surface area contributed by atoms with Crippen molar-refractivity contribution in [3.63, 3.8) is 0 Å². The van der Waals surface area contributed by atoms with Crippen molar-refractivity contribution in [1.29, 1.82) is 0 Å². The highest BCUT2D eigenvalue weighted by Crippen LogP contribution is 2.01. The molecule has 0 heterocycles. The summed E-state index contributed by atoms with van der Waals surface area (Å²) in [5, 5.41) is 2.86. The highest BCUT2D eigenvalue weighted by atomic mass is 32.2. The van der Waals surface area contributed by atoms with Crippen LogP contribution in [-0.2, 0) is 14.8 Å². The minimum absolute atomic E-state index is 0.0340. The van der Waals surface area contributed by atoms with E-state index in [4.69, 9.17) is 12.2 Å². The molecule has 0 bridgehead atoms. The molecule has 0 amide bonds. The van der Waals surface area contributed by atoms with Gasteiger partial charge in [-0.1, -0.05) is 0 Å². The Morgan fingerprint density at radius 2 is 1.93 bits per heavy atom. The summed E-state index contributed by atoms with van der Waals surface area (Å²) in [4.78, 5) is 0. The second-order valence-electron chi connectivity index (χ2n) is 4.09. The second-order valence-corrected chi connectivity index (χ2v) is 6.30. The molecule has 0 rings (SSSR count). The summed E-state index contributed by atoms with van der Waals surface area (Å²) in [6.07, 6.45) is 0. The van der Waals surface area contributed by atoms with E-state index in [0.29, 0.717) is 0 Å². The monoisotopic (exact) mass is 254 g/mol. The fraction of sp³-hybridized carbons (Fsp3) is 0.875. The maximum Gasteiger partial charge on any atom is 0.256 e. The first-order valence-electron chi connectivity index (χ1n) is 4.50. The van der Waals surface area contributed by atoms with Crippen molar-refractivity contribution in [3.05, 3.63) is 0 Å². The molecule has 0 atom stereocenters. The Labute approximate surface area is 96.6 Å². The van der Waals surface area contributed by atoms with E-state index in [1.165, 1.54) is 7.11 Å². The molecule has 0 aliphatic rings. The van der Waals surface area contributed by atoms with E-state index >= 15 is 0 Å². The minimum Gasteiger partial charge on any atom is -0.474 e. The Balaban J connectivity index is 4.01. The molecule has 0 fully saturated rings. The predicted molar refractivity (Wildman–Crippen MR) is 64.3 cm³/mol. The van der Waals surface area contributed by atoms with Gasteiger partial charge in [0, 0.05) is 12.1 Å². The maximum atomic E-state index is 11.5. The fourth-order valence-corrected chi connectivity index (χ4v) is 2.39. The molecular weight excluding hydrogens is 236 g/mol. The van der Waals surface area contributed by atoms with Gasteiger partial charge in [-0.05, 0) is 33.0 Å². The van der Waals surface area contributed by atoms with Crippen LogP contribution in [-0.4, -0.2) is 38.5 Å². The molecule has 0 spiro atoms. The van der Waals surface area contributed by atoms with Crippen LogP contribution in [0.2, 0.25) is 0 Å². The lowest BCUT2D eigenvalue weighted by Gasteiger charge is -2.20. The average molecular weight is 254 g/mol. The molecule has 0 saturated heterocycles. The van der Waals surface area contributed by atoms with E-state index < -0.39 is 15.6 Å². The largest absolute Gasteiger partial charge is 0.474 e. The molecule has 15 heavy (non-hydrogen) atoms. The Morgan fingerprint density at radius 3 is 2.33 bits per heavy atom. The zero-order valence-electron chi connectivity index (χ0n) is 9.46. The second kappa shape index (κ2) is 5.62. The van der Waals surface area contributed by atoms with Crippen molar-refractivity contribution < 1.29 is 13.2 Å². The van der Waals surface area contributed by atoms with E-state index in [0.717, 1.165) is 0 Å². The van der Waals surface area contributed by atoms with Crippen LogP contribution in [0.3, 0.4) is 0 Å². The molecule has 5 nitrogen and oxygen atoms in total. The van der Waals surface area contributed by atoms with Crippen molar-refractivity contribution in [2.75, 3.05) is 19.4 Å². The first-order valence-corrected chi connectivity index (χ1v) is 6.56.